The van der Waals surface area contributed by atoms with Crippen LogP contribution in [0.2, 0.25) is 10.0 Å². The molecule has 0 aliphatic carbocycles. The first-order valence-electron chi connectivity index (χ1n) is 14.6. The molecule has 0 radical (unpaired) electrons. The zero-order valence-corrected chi connectivity index (χ0v) is 26.8. The largest absolute Gasteiger partial charge is 0.493 e. The van der Waals surface area contributed by atoms with Gasteiger partial charge in [0, 0.05) is 30.3 Å². The number of aromatic nitrogens is 1. The van der Waals surface area contributed by atoms with Crippen LogP contribution in [0.4, 0.5) is 0 Å². The van der Waals surface area contributed by atoms with E-state index in [-0.39, 0.29) is 17.2 Å². The number of carbonyl (C=O) groups is 2. The molecule has 2 aliphatic heterocycles. The molecule has 5 rings (SSSR count). The lowest BCUT2D eigenvalue weighted by Gasteiger charge is -2.40. The van der Waals surface area contributed by atoms with Gasteiger partial charge in [-0.25, -0.2) is 0 Å². The molecule has 1 aromatic heterocycles. The normalized spacial score (nSPS) is 19.9. The monoisotopic (exact) mass is 640 g/mol. The van der Waals surface area contributed by atoms with E-state index >= 15 is 0 Å². The van der Waals surface area contributed by atoms with Crippen LogP contribution >= 0.6 is 23.2 Å². The highest BCUT2D eigenvalue weighted by molar-refractivity contribution is 6.42. The van der Waals surface area contributed by atoms with E-state index in [1.54, 1.807) is 18.3 Å². The molecule has 44 heavy (non-hydrogen) atoms. The zero-order chi connectivity index (χ0) is 31.5. The van der Waals surface area contributed by atoms with E-state index in [4.69, 9.17) is 43.1 Å². The number of carbonyl (C=O) groups excluding carboxylic acids is 2. The van der Waals surface area contributed by atoms with Crippen molar-refractivity contribution in [2.75, 3.05) is 54.1 Å². The summed E-state index contributed by atoms with van der Waals surface area (Å²) >= 11 is 12.8. The van der Waals surface area contributed by atoms with Crippen LogP contribution < -0.4 is 19.9 Å². The molecular formula is C33H38Cl2N4O5. The van der Waals surface area contributed by atoms with Gasteiger partial charge in [-0.05, 0) is 87.3 Å². The zero-order valence-electron chi connectivity index (χ0n) is 25.3. The molecule has 2 fully saturated rings. The van der Waals surface area contributed by atoms with Crippen LogP contribution in [0.5, 0.6) is 17.2 Å². The predicted molar refractivity (Wildman–Crippen MR) is 170 cm³/mol. The van der Waals surface area contributed by atoms with Gasteiger partial charge in [0.25, 0.3) is 5.91 Å². The highest BCUT2D eigenvalue weighted by Gasteiger charge is 2.45. The molecule has 1 unspecified atom stereocenters. The maximum atomic E-state index is 13.9. The van der Waals surface area contributed by atoms with Gasteiger partial charge in [0.15, 0.2) is 11.5 Å². The van der Waals surface area contributed by atoms with Crippen molar-refractivity contribution in [3.63, 3.8) is 0 Å². The Labute approximate surface area is 268 Å². The molecule has 9 nitrogen and oxygen atoms in total. The molecule has 0 spiro atoms. The molecular weight excluding hydrogens is 603 g/mol. The second-order valence-corrected chi connectivity index (χ2v) is 12.4. The van der Waals surface area contributed by atoms with Crippen molar-refractivity contribution in [2.45, 2.75) is 36.5 Å². The Morgan fingerprint density at radius 1 is 0.909 bits per heavy atom. The minimum Gasteiger partial charge on any atom is -0.493 e. The van der Waals surface area contributed by atoms with Gasteiger partial charge in [-0.3, -0.25) is 14.6 Å². The number of hydrogen-bond acceptors (Lipinski definition) is 7. The molecule has 11 heteroatoms. The Morgan fingerprint density at radius 3 is 2.18 bits per heavy atom. The lowest BCUT2D eigenvalue weighted by molar-refractivity contribution is -0.125. The van der Waals surface area contributed by atoms with E-state index in [0.29, 0.717) is 71.9 Å². The van der Waals surface area contributed by atoms with Crippen molar-refractivity contribution in [3.8, 4) is 17.2 Å². The first kappa shape index (κ1) is 31.9. The fourth-order valence-corrected chi connectivity index (χ4v) is 6.95. The summed E-state index contributed by atoms with van der Waals surface area (Å²) in [5.74, 6) is 0.828. The number of nitrogens with zero attached hydrogens (tertiary/aromatic N) is 3. The van der Waals surface area contributed by atoms with Crippen LogP contribution in [-0.4, -0.2) is 80.7 Å². The number of halogens is 2. The number of likely N-dealkylation sites (tertiary alicyclic amines) is 2. The Morgan fingerprint density at radius 2 is 1.61 bits per heavy atom. The molecule has 3 heterocycles. The molecule has 2 saturated heterocycles. The van der Waals surface area contributed by atoms with Gasteiger partial charge in [-0.2, -0.15) is 0 Å². The quantitative estimate of drug-likeness (QED) is 0.328. The fraction of sp³-hybridized carbons (Fsp3) is 0.424. The summed E-state index contributed by atoms with van der Waals surface area (Å²) in [6, 6.07) is 14.7. The van der Waals surface area contributed by atoms with Crippen molar-refractivity contribution in [1.29, 1.82) is 0 Å². The van der Waals surface area contributed by atoms with E-state index in [0.717, 1.165) is 30.6 Å². The van der Waals surface area contributed by atoms with Gasteiger partial charge in [-0.15, -0.1) is 0 Å². The number of pyridine rings is 1. The number of ether oxygens (including phenoxy) is 3. The summed E-state index contributed by atoms with van der Waals surface area (Å²) < 4.78 is 16.4. The number of methoxy groups -OCH3 is 3. The van der Waals surface area contributed by atoms with Gasteiger partial charge in [0.05, 0.1) is 42.5 Å². The van der Waals surface area contributed by atoms with E-state index in [1.807, 2.05) is 41.3 Å². The third kappa shape index (κ3) is 6.05. The van der Waals surface area contributed by atoms with E-state index < -0.39 is 5.41 Å². The van der Waals surface area contributed by atoms with Crippen molar-refractivity contribution < 1.29 is 23.8 Å². The Bertz CT molecular complexity index is 1490. The van der Waals surface area contributed by atoms with Crippen LogP contribution in [0.15, 0.2) is 54.7 Å². The summed E-state index contributed by atoms with van der Waals surface area (Å²) in [6.45, 7) is 3.28. The van der Waals surface area contributed by atoms with Crippen LogP contribution in [0.3, 0.4) is 0 Å². The molecule has 3 aromatic rings. The van der Waals surface area contributed by atoms with Gasteiger partial charge < -0.3 is 29.7 Å². The van der Waals surface area contributed by atoms with Crippen LogP contribution in [0.25, 0.3) is 0 Å². The van der Waals surface area contributed by atoms with Gasteiger partial charge in [0.2, 0.25) is 11.7 Å². The number of piperidine rings is 1. The van der Waals surface area contributed by atoms with Crippen LogP contribution in [-0.2, 0) is 15.6 Å². The third-order valence-electron chi connectivity index (χ3n) is 9.33. The lowest BCUT2D eigenvalue weighted by atomic mass is 9.73. The number of nitrogens with two attached hydrogens (primary N) is 1. The molecule has 2 aliphatic rings. The first-order chi connectivity index (χ1) is 21.2. The molecule has 234 valence electrons. The minimum atomic E-state index is -0.768. The highest BCUT2D eigenvalue weighted by atomic mass is 35.5. The summed E-state index contributed by atoms with van der Waals surface area (Å²) in [5.41, 5.74) is 7.06. The number of benzene rings is 2. The number of hydrogen-bond donors (Lipinski definition) is 1. The standard InChI is InChI=1S/C33H38Cl2N4O5/c1-42-26-18-22(19-27(43-2)29(26)44-3)30(40)39-17-10-32(21-39,23-7-8-24(34)25(35)20-23)9-14-38-15-11-33(12-16-38,31(36)41)28-6-4-5-13-37-28/h4-8,13,18-20H,9-12,14-17,21H2,1-3H3,(H2,36,41). The molecule has 2 N–H and O–H groups in total. The summed E-state index contributed by atoms with van der Waals surface area (Å²) in [7, 11) is 4.59. The topological polar surface area (TPSA) is 107 Å². The van der Waals surface area contributed by atoms with Gasteiger partial charge in [-0.1, -0.05) is 35.3 Å². The number of amides is 2. The second-order valence-electron chi connectivity index (χ2n) is 11.6. The van der Waals surface area contributed by atoms with Crippen molar-refractivity contribution >= 4 is 35.0 Å². The molecule has 0 saturated carbocycles. The SMILES string of the molecule is COc1cc(C(=O)N2CCC(CCN3CCC(C(N)=O)(c4ccccn4)CC3)(c3ccc(Cl)c(Cl)c3)C2)cc(OC)c1OC. The van der Waals surface area contributed by atoms with Crippen LogP contribution in [0, 0.1) is 0 Å². The van der Waals surface area contributed by atoms with Crippen LogP contribution in [0.1, 0.15) is 47.3 Å². The molecule has 1 atom stereocenters. The van der Waals surface area contributed by atoms with Crippen molar-refractivity contribution in [1.82, 2.24) is 14.8 Å². The average Bonchev–Trinajstić information content (AvgIpc) is 3.50. The van der Waals surface area contributed by atoms with Gasteiger partial charge >= 0.3 is 0 Å². The highest BCUT2D eigenvalue weighted by Crippen LogP contribution is 2.43. The first-order valence-corrected chi connectivity index (χ1v) is 15.4. The van der Waals surface area contributed by atoms with Gasteiger partial charge in [0.1, 0.15) is 0 Å². The summed E-state index contributed by atoms with van der Waals surface area (Å²) in [6.07, 6.45) is 4.46. The van der Waals surface area contributed by atoms with Crippen molar-refractivity contribution in [2.24, 2.45) is 5.73 Å². The minimum absolute atomic E-state index is 0.120. The lowest BCUT2D eigenvalue weighted by Crippen LogP contribution is -2.51. The Kier molecular flexibility index (Phi) is 9.58. The Balaban J connectivity index is 1.36. The summed E-state index contributed by atoms with van der Waals surface area (Å²) in [4.78, 5) is 35.2. The third-order valence-corrected chi connectivity index (χ3v) is 10.1. The second kappa shape index (κ2) is 13.2. The number of primary amides is 1. The molecule has 2 aromatic carbocycles. The molecule has 0 bridgehead atoms. The molecule has 2 amide bonds. The van der Waals surface area contributed by atoms with Crippen molar-refractivity contribution in [3.05, 3.63) is 81.6 Å². The maximum Gasteiger partial charge on any atom is 0.254 e. The fourth-order valence-electron chi connectivity index (χ4n) is 6.65. The average molecular weight is 642 g/mol. The maximum absolute atomic E-state index is 13.9. The number of rotatable bonds is 10. The van der Waals surface area contributed by atoms with E-state index in [9.17, 15) is 9.59 Å². The Hall–Kier alpha value is -3.53. The smallest absolute Gasteiger partial charge is 0.254 e. The summed E-state index contributed by atoms with van der Waals surface area (Å²) in [5, 5.41) is 0.972. The van der Waals surface area contributed by atoms with E-state index in [1.165, 1.54) is 21.3 Å². The van der Waals surface area contributed by atoms with E-state index in [2.05, 4.69) is 9.88 Å². The predicted octanol–water partition coefficient (Wildman–Crippen LogP) is 5.11.